The maximum absolute atomic E-state index is 12.2. The molecule has 0 saturated heterocycles. The molecule has 142 valence electrons. The molecule has 1 aromatic carbocycles. The van der Waals surface area contributed by atoms with Crippen LogP contribution in [0.15, 0.2) is 30.3 Å². The van der Waals surface area contributed by atoms with Crippen LogP contribution in [0.2, 0.25) is 0 Å². The van der Waals surface area contributed by atoms with Crippen molar-refractivity contribution < 1.29 is 33.8 Å². The molecule has 0 radical (unpaired) electrons. The Balaban J connectivity index is 2.91. The Labute approximate surface area is 151 Å². The van der Waals surface area contributed by atoms with E-state index in [4.69, 9.17) is 9.47 Å². The van der Waals surface area contributed by atoms with Crippen molar-refractivity contribution >= 4 is 23.8 Å². The number of carbonyl (C=O) groups excluding carboxylic acids is 3. The van der Waals surface area contributed by atoms with Crippen molar-refractivity contribution in [2.45, 2.75) is 32.7 Å². The minimum absolute atomic E-state index is 0.0163. The highest BCUT2D eigenvalue weighted by Crippen LogP contribution is 2.14. The third-order valence-corrected chi connectivity index (χ3v) is 3.47. The molecule has 26 heavy (non-hydrogen) atoms. The summed E-state index contributed by atoms with van der Waals surface area (Å²) >= 11 is 0. The second-order valence-electron chi connectivity index (χ2n) is 5.41. The van der Waals surface area contributed by atoms with Crippen LogP contribution in [0.5, 0.6) is 0 Å². The van der Waals surface area contributed by atoms with Crippen molar-refractivity contribution in [2.24, 2.45) is 5.92 Å². The average molecular weight is 365 g/mol. The molecule has 0 unspecified atom stereocenters. The standard InChI is InChI=1S/C18H23NO7/c1-3-25-15(21)11-13(18(24)26-4-2)16(17(22)23)19-14(20)10-12-8-6-5-7-9-12/h5-9,13,16H,3-4,10-11H2,1-2H3,(H,19,20)(H,22,23)/t13-,16-/m0/s1. The zero-order chi connectivity index (χ0) is 19.5. The Hall–Kier alpha value is -2.90. The van der Waals surface area contributed by atoms with Gasteiger partial charge >= 0.3 is 17.9 Å². The van der Waals surface area contributed by atoms with Crippen molar-refractivity contribution in [3.63, 3.8) is 0 Å². The van der Waals surface area contributed by atoms with Gasteiger partial charge in [0.15, 0.2) is 0 Å². The van der Waals surface area contributed by atoms with Crippen molar-refractivity contribution in [1.29, 1.82) is 0 Å². The number of carboxylic acid groups (broad SMARTS) is 1. The van der Waals surface area contributed by atoms with E-state index in [1.165, 1.54) is 0 Å². The molecule has 0 spiro atoms. The van der Waals surface area contributed by atoms with Gasteiger partial charge in [-0.3, -0.25) is 14.4 Å². The zero-order valence-corrected chi connectivity index (χ0v) is 14.8. The Morgan fingerprint density at radius 1 is 1.04 bits per heavy atom. The molecule has 0 fully saturated rings. The van der Waals surface area contributed by atoms with Gasteiger partial charge in [-0.05, 0) is 19.4 Å². The van der Waals surface area contributed by atoms with E-state index in [1.807, 2.05) is 0 Å². The van der Waals surface area contributed by atoms with E-state index in [9.17, 15) is 24.3 Å². The maximum Gasteiger partial charge on any atom is 0.327 e. The molecule has 0 saturated carbocycles. The second kappa shape index (κ2) is 10.9. The van der Waals surface area contributed by atoms with Gasteiger partial charge in [0.05, 0.1) is 32.0 Å². The molecular weight excluding hydrogens is 342 g/mol. The number of nitrogens with one attached hydrogen (secondary N) is 1. The summed E-state index contributed by atoms with van der Waals surface area (Å²) in [6, 6.07) is 7.12. The molecule has 8 heteroatoms. The monoisotopic (exact) mass is 365 g/mol. The Morgan fingerprint density at radius 3 is 2.19 bits per heavy atom. The first-order valence-corrected chi connectivity index (χ1v) is 8.27. The zero-order valence-electron chi connectivity index (χ0n) is 14.8. The quantitative estimate of drug-likeness (QED) is 0.592. The number of esters is 2. The molecule has 1 aromatic rings. The number of hydrogen-bond donors (Lipinski definition) is 2. The van der Waals surface area contributed by atoms with Crippen LogP contribution in [-0.2, 0) is 35.1 Å². The van der Waals surface area contributed by atoms with Gasteiger partial charge in [-0.25, -0.2) is 4.79 Å². The largest absolute Gasteiger partial charge is 0.480 e. The Morgan fingerprint density at radius 2 is 1.65 bits per heavy atom. The van der Waals surface area contributed by atoms with Gasteiger partial charge in [0.2, 0.25) is 5.91 Å². The fourth-order valence-electron chi connectivity index (χ4n) is 2.33. The first kappa shape index (κ1) is 21.1. The molecule has 8 nitrogen and oxygen atoms in total. The van der Waals surface area contributed by atoms with E-state index in [0.29, 0.717) is 5.56 Å². The van der Waals surface area contributed by atoms with E-state index in [0.717, 1.165) is 0 Å². The number of carbonyl (C=O) groups is 4. The minimum Gasteiger partial charge on any atom is -0.480 e. The molecular formula is C18H23NO7. The summed E-state index contributed by atoms with van der Waals surface area (Å²) in [5, 5.41) is 11.7. The number of carboxylic acids is 1. The van der Waals surface area contributed by atoms with Crippen LogP contribution < -0.4 is 5.32 Å². The number of ether oxygens (including phenoxy) is 2. The van der Waals surface area contributed by atoms with E-state index in [1.54, 1.807) is 44.2 Å². The third kappa shape index (κ3) is 6.92. The van der Waals surface area contributed by atoms with E-state index in [-0.39, 0.29) is 19.6 Å². The lowest BCUT2D eigenvalue weighted by Crippen LogP contribution is -2.50. The van der Waals surface area contributed by atoms with Gasteiger partial charge in [-0.15, -0.1) is 0 Å². The van der Waals surface area contributed by atoms with E-state index >= 15 is 0 Å². The van der Waals surface area contributed by atoms with Crippen LogP contribution in [0, 0.1) is 5.92 Å². The predicted octanol–water partition coefficient (Wildman–Crippen LogP) is 0.931. The number of hydrogen-bond acceptors (Lipinski definition) is 6. The van der Waals surface area contributed by atoms with Gasteiger partial charge < -0.3 is 19.9 Å². The smallest absolute Gasteiger partial charge is 0.327 e. The molecule has 0 aromatic heterocycles. The Kier molecular flexibility index (Phi) is 8.83. The highest BCUT2D eigenvalue weighted by Gasteiger charge is 2.38. The predicted molar refractivity (Wildman–Crippen MR) is 91.1 cm³/mol. The van der Waals surface area contributed by atoms with E-state index < -0.39 is 42.2 Å². The van der Waals surface area contributed by atoms with E-state index in [2.05, 4.69) is 5.32 Å². The molecule has 2 atom stereocenters. The summed E-state index contributed by atoms with van der Waals surface area (Å²) in [6.45, 7) is 3.26. The lowest BCUT2D eigenvalue weighted by Gasteiger charge is -2.22. The molecule has 1 amide bonds. The lowest BCUT2D eigenvalue weighted by molar-refractivity contribution is -0.160. The number of benzene rings is 1. The highest BCUT2D eigenvalue weighted by atomic mass is 16.5. The number of rotatable bonds is 10. The molecule has 0 aliphatic rings. The molecule has 0 bridgehead atoms. The van der Waals surface area contributed by atoms with Crippen LogP contribution in [0.1, 0.15) is 25.8 Å². The van der Waals surface area contributed by atoms with Crippen LogP contribution >= 0.6 is 0 Å². The van der Waals surface area contributed by atoms with Gasteiger partial charge in [-0.1, -0.05) is 30.3 Å². The average Bonchev–Trinajstić information content (AvgIpc) is 2.59. The summed E-state index contributed by atoms with van der Waals surface area (Å²) in [6.07, 6.45) is -0.561. The van der Waals surface area contributed by atoms with Crippen molar-refractivity contribution in [3.05, 3.63) is 35.9 Å². The van der Waals surface area contributed by atoms with Gasteiger partial charge in [-0.2, -0.15) is 0 Å². The molecule has 0 aliphatic heterocycles. The highest BCUT2D eigenvalue weighted by molar-refractivity contribution is 5.91. The Bertz CT molecular complexity index is 630. The second-order valence-corrected chi connectivity index (χ2v) is 5.41. The fourth-order valence-corrected chi connectivity index (χ4v) is 2.33. The van der Waals surface area contributed by atoms with Crippen LogP contribution in [0.4, 0.5) is 0 Å². The summed E-state index contributed by atoms with van der Waals surface area (Å²) in [5.41, 5.74) is 0.687. The lowest BCUT2D eigenvalue weighted by atomic mass is 9.95. The third-order valence-electron chi connectivity index (χ3n) is 3.47. The summed E-state index contributed by atoms with van der Waals surface area (Å²) in [4.78, 5) is 47.6. The molecule has 0 aliphatic carbocycles. The van der Waals surface area contributed by atoms with Crippen molar-refractivity contribution in [1.82, 2.24) is 5.32 Å². The minimum atomic E-state index is -1.60. The molecule has 2 N–H and O–H groups in total. The van der Waals surface area contributed by atoms with Crippen molar-refractivity contribution in [2.75, 3.05) is 13.2 Å². The van der Waals surface area contributed by atoms with Crippen LogP contribution in [-0.4, -0.2) is 48.2 Å². The normalized spacial score (nSPS) is 12.5. The topological polar surface area (TPSA) is 119 Å². The number of aliphatic carboxylic acids is 1. The molecule has 1 rings (SSSR count). The molecule has 0 heterocycles. The number of amides is 1. The SMILES string of the molecule is CCOC(=O)C[C@H](C(=O)OCC)[C@H](NC(=O)Cc1ccccc1)C(=O)O. The van der Waals surface area contributed by atoms with Gasteiger partial charge in [0, 0.05) is 0 Å². The summed E-state index contributed by atoms with van der Waals surface area (Å²) < 4.78 is 9.63. The van der Waals surface area contributed by atoms with Crippen molar-refractivity contribution in [3.8, 4) is 0 Å². The maximum atomic E-state index is 12.2. The van der Waals surface area contributed by atoms with Gasteiger partial charge in [0.25, 0.3) is 0 Å². The fraction of sp³-hybridized carbons (Fsp3) is 0.444. The van der Waals surface area contributed by atoms with Crippen LogP contribution in [0.3, 0.4) is 0 Å². The van der Waals surface area contributed by atoms with Gasteiger partial charge in [0.1, 0.15) is 6.04 Å². The first-order valence-electron chi connectivity index (χ1n) is 8.27. The summed E-state index contributed by atoms with van der Waals surface area (Å²) in [7, 11) is 0. The van der Waals surface area contributed by atoms with Crippen LogP contribution in [0.25, 0.3) is 0 Å². The first-order chi connectivity index (χ1) is 12.4. The summed E-state index contributed by atoms with van der Waals surface area (Å²) in [5.74, 6) is -5.02.